The third-order valence-electron chi connectivity index (χ3n) is 4.88. The number of anilines is 1. The van der Waals surface area contributed by atoms with Crippen molar-refractivity contribution in [2.75, 3.05) is 5.32 Å². The summed E-state index contributed by atoms with van der Waals surface area (Å²) >= 11 is 0. The number of halogens is 2. The summed E-state index contributed by atoms with van der Waals surface area (Å²) in [5.41, 5.74) is 0.956. The SMILES string of the molecule is O[C@H]1[C@H](O)CCCC[C@@H]1Nc1nc(-c2c[nH]c3ncc(F)cc23)ncc1F. The topological polar surface area (TPSA) is 107 Å². The van der Waals surface area contributed by atoms with E-state index in [-0.39, 0.29) is 11.6 Å². The van der Waals surface area contributed by atoms with Crippen LogP contribution in [0.1, 0.15) is 25.7 Å². The van der Waals surface area contributed by atoms with Gasteiger partial charge in [0.25, 0.3) is 0 Å². The first-order valence-corrected chi connectivity index (χ1v) is 8.81. The molecule has 4 N–H and O–H groups in total. The molecule has 0 amide bonds. The van der Waals surface area contributed by atoms with E-state index in [0.717, 1.165) is 25.2 Å². The number of aromatic amines is 1. The Kier molecular flexibility index (Phi) is 4.71. The first kappa shape index (κ1) is 17.7. The third-order valence-corrected chi connectivity index (χ3v) is 4.88. The van der Waals surface area contributed by atoms with Gasteiger partial charge in [-0.3, -0.25) is 0 Å². The van der Waals surface area contributed by atoms with E-state index >= 15 is 0 Å². The molecule has 1 aliphatic rings. The lowest BCUT2D eigenvalue weighted by molar-refractivity contribution is 0.00940. The summed E-state index contributed by atoms with van der Waals surface area (Å²) in [4.78, 5) is 15.1. The molecule has 1 saturated carbocycles. The molecule has 0 unspecified atom stereocenters. The van der Waals surface area contributed by atoms with Crippen molar-refractivity contribution in [1.29, 1.82) is 0 Å². The zero-order chi connectivity index (χ0) is 19.0. The number of pyridine rings is 1. The van der Waals surface area contributed by atoms with Gasteiger partial charge in [-0.15, -0.1) is 0 Å². The highest BCUT2D eigenvalue weighted by Gasteiger charge is 2.29. The van der Waals surface area contributed by atoms with Gasteiger partial charge in [0.05, 0.1) is 30.6 Å². The molecular formula is C18H19F2N5O2. The maximum atomic E-state index is 14.3. The quantitative estimate of drug-likeness (QED) is 0.524. The number of aliphatic hydroxyl groups is 2. The van der Waals surface area contributed by atoms with E-state index in [2.05, 4.69) is 25.3 Å². The largest absolute Gasteiger partial charge is 0.390 e. The molecule has 1 fully saturated rings. The summed E-state index contributed by atoms with van der Waals surface area (Å²) in [5.74, 6) is -1.05. The van der Waals surface area contributed by atoms with Crippen molar-refractivity contribution in [3.8, 4) is 11.4 Å². The number of rotatable bonds is 3. The fourth-order valence-electron chi connectivity index (χ4n) is 3.42. The molecule has 142 valence electrons. The van der Waals surface area contributed by atoms with Crippen LogP contribution in [0.3, 0.4) is 0 Å². The Balaban J connectivity index is 1.68. The third kappa shape index (κ3) is 3.47. The van der Waals surface area contributed by atoms with Gasteiger partial charge in [0.1, 0.15) is 11.5 Å². The zero-order valence-corrected chi connectivity index (χ0v) is 14.4. The molecule has 3 atom stereocenters. The summed E-state index contributed by atoms with van der Waals surface area (Å²) in [6.45, 7) is 0. The normalized spacial score (nSPS) is 23.3. The van der Waals surface area contributed by atoms with Crippen LogP contribution in [0.2, 0.25) is 0 Å². The van der Waals surface area contributed by atoms with Gasteiger partial charge in [0.2, 0.25) is 0 Å². The Morgan fingerprint density at radius 1 is 1.11 bits per heavy atom. The predicted octanol–water partition coefficient (Wildman–Crippen LogP) is 2.37. The van der Waals surface area contributed by atoms with Gasteiger partial charge in [0.15, 0.2) is 17.5 Å². The monoisotopic (exact) mass is 375 g/mol. The summed E-state index contributed by atoms with van der Waals surface area (Å²) in [5, 5.41) is 23.6. The van der Waals surface area contributed by atoms with Crippen LogP contribution in [0.25, 0.3) is 22.4 Å². The van der Waals surface area contributed by atoms with E-state index in [1.54, 1.807) is 6.20 Å². The summed E-state index contributed by atoms with van der Waals surface area (Å²) in [7, 11) is 0. The van der Waals surface area contributed by atoms with Gasteiger partial charge in [-0.1, -0.05) is 12.8 Å². The van der Waals surface area contributed by atoms with Crippen LogP contribution < -0.4 is 5.32 Å². The molecule has 27 heavy (non-hydrogen) atoms. The predicted molar refractivity (Wildman–Crippen MR) is 94.9 cm³/mol. The summed E-state index contributed by atoms with van der Waals surface area (Å²) < 4.78 is 27.8. The van der Waals surface area contributed by atoms with Crippen LogP contribution in [-0.4, -0.2) is 48.4 Å². The molecule has 1 aliphatic carbocycles. The lowest BCUT2D eigenvalue weighted by Gasteiger charge is -2.25. The van der Waals surface area contributed by atoms with Crippen molar-refractivity contribution in [1.82, 2.24) is 19.9 Å². The number of aromatic nitrogens is 4. The molecule has 7 nitrogen and oxygen atoms in total. The Labute approximate surface area is 153 Å². The number of nitrogens with one attached hydrogen (secondary N) is 2. The minimum atomic E-state index is -1.02. The lowest BCUT2D eigenvalue weighted by atomic mass is 10.0. The van der Waals surface area contributed by atoms with Crippen molar-refractivity contribution >= 4 is 16.9 Å². The van der Waals surface area contributed by atoms with Gasteiger partial charge in [0, 0.05) is 17.1 Å². The summed E-state index contributed by atoms with van der Waals surface area (Å²) in [6, 6.07) is 0.779. The van der Waals surface area contributed by atoms with Crippen molar-refractivity contribution in [3.05, 3.63) is 36.3 Å². The van der Waals surface area contributed by atoms with E-state index in [1.807, 2.05) is 0 Å². The van der Waals surface area contributed by atoms with Gasteiger partial charge in [-0.05, 0) is 18.9 Å². The maximum absolute atomic E-state index is 14.3. The van der Waals surface area contributed by atoms with Crippen LogP contribution in [-0.2, 0) is 0 Å². The molecule has 0 radical (unpaired) electrons. The number of fused-ring (bicyclic) bond motifs is 1. The van der Waals surface area contributed by atoms with E-state index in [4.69, 9.17) is 0 Å². The molecule has 0 bridgehead atoms. The second-order valence-corrected chi connectivity index (χ2v) is 6.74. The van der Waals surface area contributed by atoms with Crippen LogP contribution in [0.15, 0.2) is 24.7 Å². The molecule has 9 heteroatoms. The average Bonchev–Trinajstić information content (AvgIpc) is 3.00. The van der Waals surface area contributed by atoms with Crippen LogP contribution in [0.4, 0.5) is 14.6 Å². The first-order valence-electron chi connectivity index (χ1n) is 8.81. The maximum Gasteiger partial charge on any atom is 0.183 e. The minimum Gasteiger partial charge on any atom is -0.390 e. The molecule has 0 spiro atoms. The highest BCUT2D eigenvalue weighted by molar-refractivity contribution is 5.91. The van der Waals surface area contributed by atoms with E-state index < -0.39 is 29.9 Å². The second-order valence-electron chi connectivity index (χ2n) is 6.74. The van der Waals surface area contributed by atoms with E-state index in [0.29, 0.717) is 29.4 Å². The molecule has 0 aliphatic heterocycles. The fourth-order valence-corrected chi connectivity index (χ4v) is 3.42. The molecular weight excluding hydrogens is 356 g/mol. The minimum absolute atomic E-state index is 0.0723. The lowest BCUT2D eigenvalue weighted by Crippen LogP contribution is -2.41. The molecule has 3 aromatic rings. The fraction of sp³-hybridized carbons (Fsp3) is 0.389. The van der Waals surface area contributed by atoms with E-state index in [9.17, 15) is 19.0 Å². The molecule has 0 aromatic carbocycles. The van der Waals surface area contributed by atoms with Gasteiger partial charge in [-0.25, -0.2) is 23.7 Å². The van der Waals surface area contributed by atoms with Crippen molar-refractivity contribution < 1.29 is 19.0 Å². The molecule has 3 heterocycles. The number of hydrogen-bond acceptors (Lipinski definition) is 6. The van der Waals surface area contributed by atoms with Crippen LogP contribution >= 0.6 is 0 Å². The summed E-state index contributed by atoms with van der Waals surface area (Å²) in [6.07, 6.45) is 4.51. The highest BCUT2D eigenvalue weighted by Crippen LogP contribution is 2.28. The first-order chi connectivity index (χ1) is 13.0. The Bertz CT molecular complexity index is 964. The Morgan fingerprint density at radius 2 is 1.93 bits per heavy atom. The smallest absolute Gasteiger partial charge is 0.183 e. The van der Waals surface area contributed by atoms with Crippen molar-refractivity contribution in [3.63, 3.8) is 0 Å². The van der Waals surface area contributed by atoms with Gasteiger partial charge in [-0.2, -0.15) is 0 Å². The van der Waals surface area contributed by atoms with Crippen LogP contribution in [0, 0.1) is 11.6 Å². The Morgan fingerprint density at radius 3 is 2.78 bits per heavy atom. The number of aliphatic hydroxyl groups excluding tert-OH is 2. The van der Waals surface area contributed by atoms with Crippen molar-refractivity contribution in [2.45, 2.75) is 43.9 Å². The average molecular weight is 375 g/mol. The molecule has 3 aromatic heterocycles. The number of nitrogens with zero attached hydrogens (tertiary/aromatic N) is 3. The van der Waals surface area contributed by atoms with Gasteiger partial charge < -0.3 is 20.5 Å². The van der Waals surface area contributed by atoms with Crippen LogP contribution in [0.5, 0.6) is 0 Å². The van der Waals surface area contributed by atoms with Gasteiger partial charge >= 0.3 is 0 Å². The zero-order valence-electron chi connectivity index (χ0n) is 14.4. The Hall–Kier alpha value is -2.65. The highest BCUT2D eigenvalue weighted by atomic mass is 19.1. The molecule has 4 rings (SSSR count). The van der Waals surface area contributed by atoms with Crippen molar-refractivity contribution in [2.24, 2.45) is 0 Å². The van der Waals surface area contributed by atoms with E-state index in [1.165, 1.54) is 6.07 Å². The standard InChI is InChI=1S/C18H19F2N5O2/c19-9-5-10-11(7-22-16(10)21-6-9)17-23-8-12(20)18(25-17)24-13-3-1-2-4-14(26)15(13)27/h5-8,13-15,26-27H,1-4H2,(H,21,22)(H,23,24,25)/t13-,14+,15+/m0/s1. The number of H-pyrrole nitrogens is 1. The molecule has 0 saturated heterocycles. The number of hydrogen-bond donors (Lipinski definition) is 4. The second kappa shape index (κ2) is 7.16.